The molecule has 3 atom stereocenters. The first-order valence-electron chi connectivity index (χ1n) is 10.8. The summed E-state index contributed by atoms with van der Waals surface area (Å²) in [6.07, 6.45) is 4.21. The number of ether oxygens (including phenoxy) is 2. The van der Waals surface area contributed by atoms with Crippen LogP contribution in [0.2, 0.25) is 0 Å². The van der Waals surface area contributed by atoms with E-state index in [1.54, 1.807) is 13.2 Å². The van der Waals surface area contributed by atoms with Crippen LogP contribution in [0.4, 0.5) is 0 Å². The lowest BCUT2D eigenvalue weighted by atomic mass is 9.71. The van der Waals surface area contributed by atoms with Gasteiger partial charge in [0.25, 0.3) is 0 Å². The van der Waals surface area contributed by atoms with Gasteiger partial charge in [-0.15, -0.1) is 0 Å². The van der Waals surface area contributed by atoms with Crippen molar-refractivity contribution in [1.29, 1.82) is 0 Å². The van der Waals surface area contributed by atoms with Crippen molar-refractivity contribution in [3.63, 3.8) is 0 Å². The number of hydrogen-bond donors (Lipinski definition) is 1. The van der Waals surface area contributed by atoms with Crippen LogP contribution in [0.3, 0.4) is 0 Å². The summed E-state index contributed by atoms with van der Waals surface area (Å²) < 4.78 is 11.9. The predicted molar refractivity (Wildman–Crippen MR) is 117 cm³/mol. The zero-order chi connectivity index (χ0) is 21.4. The van der Waals surface area contributed by atoms with E-state index in [0.29, 0.717) is 28.9 Å². The zero-order valence-electron chi connectivity index (χ0n) is 18.1. The Morgan fingerprint density at radius 1 is 1.20 bits per heavy atom. The van der Waals surface area contributed by atoms with Gasteiger partial charge >= 0.3 is 0 Å². The van der Waals surface area contributed by atoms with Gasteiger partial charge in [0.15, 0.2) is 5.78 Å². The van der Waals surface area contributed by atoms with Gasteiger partial charge in [0, 0.05) is 17.5 Å². The quantitative estimate of drug-likeness (QED) is 0.614. The fourth-order valence-corrected chi connectivity index (χ4v) is 4.94. The summed E-state index contributed by atoms with van der Waals surface area (Å²) in [6.45, 7) is 6.56. The lowest BCUT2D eigenvalue weighted by Gasteiger charge is -2.35. The number of hydrogen-bond acceptors (Lipinski definition) is 4. The van der Waals surface area contributed by atoms with Crippen LogP contribution < -0.4 is 9.47 Å². The highest BCUT2D eigenvalue weighted by Crippen LogP contribution is 2.51. The molecule has 2 aromatic rings. The van der Waals surface area contributed by atoms with E-state index in [1.165, 1.54) is 5.57 Å². The minimum absolute atomic E-state index is 0.0126. The summed E-state index contributed by atoms with van der Waals surface area (Å²) in [5, 5.41) is 11.3. The maximum Gasteiger partial charge on any atom is 0.174 e. The lowest BCUT2D eigenvalue weighted by molar-refractivity contribution is 0.0844. The van der Waals surface area contributed by atoms with Crippen LogP contribution >= 0.6 is 0 Å². The van der Waals surface area contributed by atoms with Gasteiger partial charge in [-0.3, -0.25) is 4.79 Å². The van der Waals surface area contributed by atoms with Gasteiger partial charge in [-0.25, -0.2) is 0 Å². The van der Waals surface area contributed by atoms with Crippen LogP contribution in [-0.4, -0.2) is 18.0 Å². The Morgan fingerprint density at radius 3 is 2.60 bits per heavy atom. The minimum atomic E-state index is -0.360. The van der Waals surface area contributed by atoms with Crippen LogP contribution in [-0.2, 0) is 0 Å². The summed E-state index contributed by atoms with van der Waals surface area (Å²) in [4.78, 5) is 13.1. The lowest BCUT2D eigenvalue weighted by Crippen LogP contribution is -2.24. The van der Waals surface area contributed by atoms with Crippen molar-refractivity contribution >= 4 is 5.78 Å². The molecule has 0 radical (unpaired) electrons. The molecule has 30 heavy (non-hydrogen) atoms. The van der Waals surface area contributed by atoms with Gasteiger partial charge < -0.3 is 14.6 Å². The number of allylic oxidation sites excluding steroid dienone is 2. The van der Waals surface area contributed by atoms with Crippen molar-refractivity contribution in [3.8, 4) is 17.2 Å². The van der Waals surface area contributed by atoms with E-state index in [4.69, 9.17) is 9.47 Å². The molecule has 158 valence electrons. The fourth-order valence-electron chi connectivity index (χ4n) is 4.94. The molecule has 2 aromatic carbocycles. The molecule has 0 bridgehead atoms. The molecule has 0 amide bonds. The number of aromatic hydroxyl groups is 1. The molecule has 0 aromatic heterocycles. The van der Waals surface area contributed by atoms with E-state index in [2.05, 4.69) is 26.8 Å². The molecular weight excluding hydrogens is 376 g/mol. The largest absolute Gasteiger partial charge is 0.507 e. The van der Waals surface area contributed by atoms with Crippen molar-refractivity contribution in [2.24, 2.45) is 11.8 Å². The summed E-state index contributed by atoms with van der Waals surface area (Å²) in [6, 6.07) is 11.5. The predicted octanol–water partition coefficient (Wildman–Crippen LogP) is 6.20. The minimum Gasteiger partial charge on any atom is -0.507 e. The van der Waals surface area contributed by atoms with Crippen molar-refractivity contribution in [1.82, 2.24) is 0 Å². The molecule has 0 saturated carbocycles. The second-order valence-electron chi connectivity index (χ2n) is 8.84. The molecule has 1 aliphatic carbocycles. The third kappa shape index (κ3) is 3.60. The molecule has 0 saturated heterocycles. The van der Waals surface area contributed by atoms with E-state index in [-0.39, 0.29) is 35.5 Å². The average molecular weight is 407 g/mol. The maximum absolute atomic E-state index is 13.1. The number of phenolic OH excluding ortho intramolecular Hbond substituents is 1. The standard InChI is InChI=1S/C26H30O4/c1-15(2)18-11-10-16(3)12-19(18)24-22(29-4)14-23-25(26(24)28)20(27)13-21(30-23)17-8-6-5-7-9-17/h5-9,12,14-15,18-19,21,28H,10-11,13H2,1-4H3/t18-,19+,21+/m1/s1. The van der Waals surface area contributed by atoms with Crippen LogP contribution in [0.15, 0.2) is 48.0 Å². The van der Waals surface area contributed by atoms with Gasteiger partial charge in [0.2, 0.25) is 0 Å². The first-order valence-corrected chi connectivity index (χ1v) is 10.8. The highest BCUT2D eigenvalue weighted by Gasteiger charge is 2.37. The average Bonchev–Trinajstić information content (AvgIpc) is 2.73. The second-order valence-corrected chi connectivity index (χ2v) is 8.84. The fraction of sp³-hybridized carbons (Fsp3) is 0.423. The normalized spacial score (nSPS) is 23.6. The third-order valence-corrected chi connectivity index (χ3v) is 6.56. The Hall–Kier alpha value is -2.75. The molecule has 4 rings (SSSR count). The molecular formula is C26H30O4. The number of ketones is 1. The second kappa shape index (κ2) is 8.17. The van der Waals surface area contributed by atoms with Gasteiger partial charge in [0.1, 0.15) is 28.9 Å². The number of carbonyl (C=O) groups is 1. The molecule has 4 nitrogen and oxygen atoms in total. The molecule has 1 aliphatic heterocycles. The monoisotopic (exact) mass is 406 g/mol. The molecule has 1 heterocycles. The van der Waals surface area contributed by atoms with Crippen LogP contribution in [0.25, 0.3) is 0 Å². The van der Waals surface area contributed by atoms with E-state index in [1.807, 2.05) is 30.3 Å². The Labute approximate surface area is 178 Å². The first kappa shape index (κ1) is 20.5. The van der Waals surface area contributed by atoms with E-state index in [0.717, 1.165) is 18.4 Å². The first-order chi connectivity index (χ1) is 14.4. The van der Waals surface area contributed by atoms with Crippen LogP contribution in [0, 0.1) is 11.8 Å². The number of methoxy groups -OCH3 is 1. The van der Waals surface area contributed by atoms with Gasteiger partial charge in [-0.2, -0.15) is 0 Å². The van der Waals surface area contributed by atoms with Crippen LogP contribution in [0.1, 0.15) is 73.5 Å². The van der Waals surface area contributed by atoms with E-state index >= 15 is 0 Å². The smallest absolute Gasteiger partial charge is 0.174 e. The Morgan fingerprint density at radius 2 is 1.93 bits per heavy atom. The SMILES string of the molecule is COc1cc2c(c(O)c1[C@H]1C=C(C)CC[C@@H]1C(C)C)C(=O)C[C@@H](c1ccccc1)O2. The van der Waals surface area contributed by atoms with Crippen molar-refractivity contribution in [2.75, 3.05) is 7.11 Å². The summed E-state index contributed by atoms with van der Waals surface area (Å²) >= 11 is 0. The van der Waals surface area contributed by atoms with Gasteiger partial charge in [-0.1, -0.05) is 55.8 Å². The third-order valence-electron chi connectivity index (χ3n) is 6.56. The molecule has 0 fully saturated rings. The van der Waals surface area contributed by atoms with Crippen molar-refractivity contribution in [2.45, 2.75) is 52.1 Å². The Kier molecular flexibility index (Phi) is 5.59. The zero-order valence-corrected chi connectivity index (χ0v) is 18.1. The van der Waals surface area contributed by atoms with Crippen molar-refractivity contribution < 1.29 is 19.4 Å². The summed E-state index contributed by atoms with van der Waals surface area (Å²) in [5.41, 5.74) is 3.26. The highest BCUT2D eigenvalue weighted by atomic mass is 16.5. The molecule has 1 N–H and O–H groups in total. The molecule has 0 spiro atoms. The summed E-state index contributed by atoms with van der Waals surface area (Å²) in [5.74, 6) is 1.74. The van der Waals surface area contributed by atoms with Gasteiger partial charge in [0.05, 0.1) is 13.5 Å². The van der Waals surface area contributed by atoms with Crippen LogP contribution in [0.5, 0.6) is 17.2 Å². The topological polar surface area (TPSA) is 55.8 Å². The Bertz CT molecular complexity index is 974. The van der Waals surface area contributed by atoms with E-state index in [9.17, 15) is 9.90 Å². The highest BCUT2D eigenvalue weighted by molar-refractivity contribution is 6.03. The van der Waals surface area contributed by atoms with Crippen molar-refractivity contribution in [3.05, 3.63) is 64.7 Å². The molecule has 4 heteroatoms. The molecule has 2 aliphatic rings. The number of Topliss-reactive ketones (excluding diaryl/α,β-unsaturated/α-hetero) is 1. The Balaban J connectivity index is 1.81. The number of rotatable bonds is 4. The van der Waals surface area contributed by atoms with E-state index < -0.39 is 0 Å². The van der Waals surface area contributed by atoms with Gasteiger partial charge in [-0.05, 0) is 37.2 Å². The number of phenols is 1. The number of fused-ring (bicyclic) bond motifs is 1. The maximum atomic E-state index is 13.1. The molecule has 0 unspecified atom stereocenters. The number of benzene rings is 2. The number of carbonyl (C=O) groups excluding carboxylic acids is 1. The summed E-state index contributed by atoms with van der Waals surface area (Å²) in [7, 11) is 1.60.